The van der Waals surface area contributed by atoms with Crippen molar-refractivity contribution in [3.63, 3.8) is 0 Å². The number of thiazole rings is 1. The van der Waals surface area contributed by atoms with Crippen molar-refractivity contribution in [3.05, 3.63) is 75.8 Å². The van der Waals surface area contributed by atoms with Crippen LogP contribution in [0.1, 0.15) is 33.3 Å². The fourth-order valence-corrected chi connectivity index (χ4v) is 5.50. The van der Waals surface area contributed by atoms with Crippen LogP contribution in [0.2, 0.25) is 5.02 Å². The topological polar surface area (TPSA) is 65.5 Å². The predicted octanol–water partition coefficient (Wildman–Crippen LogP) is 4.43. The molecule has 2 heterocycles. The summed E-state index contributed by atoms with van der Waals surface area (Å²) in [6.45, 7) is 2.97. The van der Waals surface area contributed by atoms with Crippen LogP contribution in [0.4, 0.5) is 10.8 Å². The largest absolute Gasteiger partial charge is 0.368 e. The number of fused-ring (bicyclic) bond motifs is 1. The second-order valence-electron chi connectivity index (χ2n) is 8.03. The van der Waals surface area contributed by atoms with Gasteiger partial charge in [-0.25, -0.2) is 4.98 Å². The lowest BCUT2D eigenvalue weighted by Gasteiger charge is -2.37. The third-order valence-electron chi connectivity index (χ3n) is 6.06. The van der Waals surface area contributed by atoms with Gasteiger partial charge in [0.15, 0.2) is 5.13 Å². The zero-order valence-corrected chi connectivity index (χ0v) is 19.0. The number of piperazine rings is 1. The maximum atomic E-state index is 13.3. The minimum Gasteiger partial charge on any atom is -0.368 e. The van der Waals surface area contributed by atoms with Crippen molar-refractivity contribution in [2.24, 2.45) is 0 Å². The number of amides is 2. The van der Waals surface area contributed by atoms with Crippen LogP contribution in [-0.4, -0.2) is 47.9 Å². The number of aromatic nitrogens is 1. The second-order valence-corrected chi connectivity index (χ2v) is 9.55. The van der Waals surface area contributed by atoms with Crippen LogP contribution in [0, 0.1) is 0 Å². The molecule has 1 aliphatic heterocycles. The highest BCUT2D eigenvalue weighted by Crippen LogP contribution is 2.39. The highest BCUT2D eigenvalue weighted by atomic mass is 35.5. The number of carbonyl (C=O) groups is 2. The molecule has 1 N–H and O–H groups in total. The Morgan fingerprint density at radius 3 is 2.44 bits per heavy atom. The minimum atomic E-state index is -0.217. The van der Waals surface area contributed by atoms with Crippen molar-refractivity contribution >= 4 is 45.6 Å². The van der Waals surface area contributed by atoms with Crippen LogP contribution in [0.3, 0.4) is 0 Å². The van der Waals surface area contributed by atoms with Crippen LogP contribution in [0.15, 0.2) is 54.6 Å². The molecule has 5 rings (SSSR count). The Kier molecular flexibility index (Phi) is 5.85. The number of anilines is 2. The normalized spacial score (nSPS) is 17.8. The average molecular weight is 467 g/mol. The molecule has 2 aliphatic rings. The van der Waals surface area contributed by atoms with E-state index in [4.69, 9.17) is 11.6 Å². The van der Waals surface area contributed by atoms with Gasteiger partial charge in [-0.15, -0.1) is 11.3 Å². The number of hydrogen-bond acceptors (Lipinski definition) is 5. The number of halogens is 1. The predicted molar refractivity (Wildman–Crippen MR) is 128 cm³/mol. The summed E-state index contributed by atoms with van der Waals surface area (Å²) in [6.07, 6.45) is 1.62. The Labute approximate surface area is 195 Å². The first-order chi connectivity index (χ1) is 15.6. The second kappa shape index (κ2) is 8.92. The molecule has 164 valence electrons. The number of aryl methyl sites for hydroxylation is 1. The summed E-state index contributed by atoms with van der Waals surface area (Å²) in [6, 6.07) is 16.9. The van der Waals surface area contributed by atoms with Gasteiger partial charge in [-0.05, 0) is 49.2 Å². The summed E-state index contributed by atoms with van der Waals surface area (Å²) < 4.78 is 0. The molecular weight excluding hydrogens is 444 g/mol. The molecule has 1 aromatic heterocycles. The summed E-state index contributed by atoms with van der Waals surface area (Å²) in [5.74, 6) is -0.254. The lowest BCUT2D eigenvalue weighted by molar-refractivity contribution is -0.133. The van der Waals surface area contributed by atoms with Gasteiger partial charge in [-0.2, -0.15) is 0 Å². The molecule has 6 nitrogen and oxygen atoms in total. The van der Waals surface area contributed by atoms with Gasteiger partial charge in [-0.3, -0.25) is 14.9 Å². The van der Waals surface area contributed by atoms with Gasteiger partial charge in [-0.1, -0.05) is 29.8 Å². The quantitative estimate of drug-likeness (QED) is 0.617. The van der Waals surface area contributed by atoms with E-state index < -0.39 is 0 Å². The maximum absolute atomic E-state index is 13.3. The smallest absolute Gasteiger partial charge is 0.257 e. The van der Waals surface area contributed by atoms with E-state index in [1.165, 1.54) is 11.3 Å². The van der Waals surface area contributed by atoms with Crippen LogP contribution in [0.5, 0.6) is 0 Å². The fourth-order valence-electron chi connectivity index (χ4n) is 4.34. The lowest BCUT2D eigenvalue weighted by atomic mass is 10.1. The van der Waals surface area contributed by atoms with Crippen molar-refractivity contribution < 1.29 is 9.59 Å². The van der Waals surface area contributed by atoms with Gasteiger partial charge in [0, 0.05) is 47.3 Å². The van der Waals surface area contributed by atoms with Crippen LogP contribution in [0.25, 0.3) is 0 Å². The highest BCUT2D eigenvalue weighted by Gasteiger charge is 2.36. The van der Waals surface area contributed by atoms with Crippen molar-refractivity contribution in [1.29, 1.82) is 0 Å². The summed E-state index contributed by atoms with van der Waals surface area (Å²) in [5.41, 5.74) is 2.56. The van der Waals surface area contributed by atoms with Gasteiger partial charge in [0.25, 0.3) is 5.91 Å². The molecule has 2 amide bonds. The van der Waals surface area contributed by atoms with Gasteiger partial charge in [0.05, 0.1) is 11.6 Å². The van der Waals surface area contributed by atoms with Crippen LogP contribution < -0.4 is 10.2 Å². The standard InChI is InChI=1S/C24H23ClN4O2S/c25-17-6-8-18(9-7-17)28-12-14-29(15-13-28)23(31)19-10-11-20-21(19)26-24(32-20)27-22(30)16-4-2-1-3-5-16/h1-9,19H,10-15H2,(H,26,27,30). The molecule has 0 saturated carbocycles. The molecule has 1 saturated heterocycles. The van der Waals surface area contributed by atoms with Crippen molar-refractivity contribution in [3.8, 4) is 0 Å². The van der Waals surface area contributed by atoms with E-state index in [0.29, 0.717) is 23.8 Å². The molecule has 8 heteroatoms. The third-order valence-corrected chi connectivity index (χ3v) is 7.35. The van der Waals surface area contributed by atoms with Gasteiger partial charge in [0.1, 0.15) is 0 Å². The first-order valence-electron chi connectivity index (χ1n) is 10.7. The summed E-state index contributed by atoms with van der Waals surface area (Å²) in [7, 11) is 0. The molecule has 0 radical (unpaired) electrons. The van der Waals surface area contributed by atoms with E-state index in [9.17, 15) is 9.59 Å². The van der Waals surface area contributed by atoms with Gasteiger partial charge < -0.3 is 9.80 Å². The molecule has 1 atom stereocenters. The molecule has 0 spiro atoms. The van der Waals surface area contributed by atoms with Gasteiger partial charge >= 0.3 is 0 Å². The number of nitrogens with one attached hydrogen (secondary N) is 1. The first-order valence-corrected chi connectivity index (χ1v) is 11.9. The molecule has 2 aromatic carbocycles. The average Bonchev–Trinajstić information content (AvgIpc) is 3.40. The summed E-state index contributed by atoms with van der Waals surface area (Å²) >= 11 is 7.47. The Balaban J connectivity index is 1.22. The molecule has 32 heavy (non-hydrogen) atoms. The number of carbonyl (C=O) groups excluding carboxylic acids is 2. The Morgan fingerprint density at radius 2 is 1.72 bits per heavy atom. The van der Waals surface area contributed by atoms with E-state index >= 15 is 0 Å². The highest BCUT2D eigenvalue weighted by molar-refractivity contribution is 7.16. The summed E-state index contributed by atoms with van der Waals surface area (Å²) in [4.78, 5) is 35.7. The SMILES string of the molecule is O=C(Nc1nc2c(s1)CCC2C(=O)N1CCN(c2ccc(Cl)cc2)CC1)c1ccccc1. The molecule has 3 aromatic rings. The van der Waals surface area contributed by atoms with Gasteiger partial charge in [0.2, 0.25) is 5.91 Å². The first kappa shape index (κ1) is 21.0. The van der Waals surface area contributed by atoms with Crippen LogP contribution >= 0.6 is 22.9 Å². The zero-order chi connectivity index (χ0) is 22.1. The monoisotopic (exact) mass is 466 g/mol. The van der Waals surface area contributed by atoms with Crippen molar-refractivity contribution in [2.45, 2.75) is 18.8 Å². The maximum Gasteiger partial charge on any atom is 0.257 e. The lowest BCUT2D eigenvalue weighted by Crippen LogP contribution is -2.50. The third kappa shape index (κ3) is 4.23. The Morgan fingerprint density at radius 1 is 1.00 bits per heavy atom. The van der Waals surface area contributed by atoms with Crippen molar-refractivity contribution in [2.75, 3.05) is 36.4 Å². The molecule has 1 aliphatic carbocycles. The fraction of sp³-hybridized carbons (Fsp3) is 0.292. The number of hydrogen-bond donors (Lipinski definition) is 1. The molecule has 1 fully saturated rings. The van der Waals surface area contributed by atoms with Crippen molar-refractivity contribution in [1.82, 2.24) is 9.88 Å². The summed E-state index contributed by atoms with van der Waals surface area (Å²) in [5, 5.41) is 4.17. The minimum absolute atomic E-state index is 0.144. The zero-order valence-electron chi connectivity index (χ0n) is 17.5. The number of rotatable bonds is 4. The Bertz CT molecular complexity index is 1120. The number of nitrogens with zero attached hydrogens (tertiary/aromatic N) is 3. The van der Waals surface area contributed by atoms with E-state index in [1.54, 1.807) is 12.1 Å². The molecule has 0 bridgehead atoms. The Hall–Kier alpha value is -2.90. The van der Waals surface area contributed by atoms with Crippen LogP contribution in [-0.2, 0) is 11.2 Å². The molecule has 1 unspecified atom stereocenters. The van der Waals surface area contributed by atoms with E-state index in [1.807, 2.05) is 47.4 Å². The van der Waals surface area contributed by atoms with E-state index in [0.717, 1.165) is 47.2 Å². The van der Waals surface area contributed by atoms with E-state index in [-0.39, 0.29) is 17.7 Å². The number of benzene rings is 2. The van der Waals surface area contributed by atoms with E-state index in [2.05, 4.69) is 15.2 Å². The molecular formula is C24H23ClN4O2S.